The van der Waals surface area contributed by atoms with Gasteiger partial charge in [-0.2, -0.15) is 4.72 Å². The maximum atomic E-state index is 13.0. The Hall–Kier alpha value is -1.84. The number of halogens is 1. The second kappa shape index (κ2) is 8.01. The molecule has 158 valence electrons. The molecule has 0 amide bonds. The van der Waals surface area contributed by atoms with Gasteiger partial charge in [0.05, 0.1) is 6.61 Å². The Bertz CT molecular complexity index is 1120. The lowest BCUT2D eigenvalue weighted by Crippen LogP contribution is -2.44. The van der Waals surface area contributed by atoms with Crippen molar-refractivity contribution in [2.75, 3.05) is 0 Å². The van der Waals surface area contributed by atoms with Gasteiger partial charge < -0.3 is 10.2 Å². The van der Waals surface area contributed by atoms with Crippen molar-refractivity contribution in [3.8, 4) is 0 Å². The fraction of sp³-hybridized carbons (Fsp3) is 0.286. The van der Waals surface area contributed by atoms with E-state index in [1.165, 1.54) is 11.8 Å². The molecule has 2 aliphatic rings. The minimum absolute atomic E-state index is 0.0640. The van der Waals surface area contributed by atoms with Gasteiger partial charge in [0.1, 0.15) is 9.78 Å². The third-order valence-corrected chi connectivity index (χ3v) is 9.13. The number of allylic oxidation sites excluding steroid dienone is 1. The number of rotatable bonds is 7. The highest BCUT2D eigenvalue weighted by molar-refractivity contribution is 8.18. The molecular weight excluding hydrogens is 446 g/mol. The van der Waals surface area contributed by atoms with E-state index in [0.29, 0.717) is 22.6 Å². The Morgan fingerprint density at radius 1 is 1.20 bits per heavy atom. The SMILES string of the molecule is O=C(O)C1(NS(=O)(=O)C2=CCC(c3ccc(Cl)cc3)S2)CC1c1cccc(CO)c1. The van der Waals surface area contributed by atoms with Gasteiger partial charge in [-0.1, -0.05) is 54.1 Å². The van der Waals surface area contributed by atoms with Crippen molar-refractivity contribution in [3.05, 3.63) is 80.6 Å². The van der Waals surface area contributed by atoms with Crippen LogP contribution in [0.1, 0.15) is 40.7 Å². The van der Waals surface area contributed by atoms with E-state index in [4.69, 9.17) is 11.6 Å². The van der Waals surface area contributed by atoms with Gasteiger partial charge in [0.15, 0.2) is 0 Å². The molecule has 1 fully saturated rings. The van der Waals surface area contributed by atoms with Crippen molar-refractivity contribution in [1.29, 1.82) is 0 Å². The van der Waals surface area contributed by atoms with Crippen LogP contribution in [0.2, 0.25) is 5.02 Å². The van der Waals surface area contributed by atoms with Gasteiger partial charge in [0, 0.05) is 16.2 Å². The zero-order chi connectivity index (χ0) is 21.5. The number of aliphatic carboxylic acids is 1. The summed E-state index contributed by atoms with van der Waals surface area (Å²) in [5, 5.41) is 19.7. The van der Waals surface area contributed by atoms with E-state index < -0.39 is 27.4 Å². The monoisotopic (exact) mass is 465 g/mol. The van der Waals surface area contributed by atoms with Crippen molar-refractivity contribution >= 4 is 39.4 Å². The van der Waals surface area contributed by atoms with Crippen molar-refractivity contribution in [3.63, 3.8) is 0 Å². The van der Waals surface area contributed by atoms with Crippen LogP contribution in [0.5, 0.6) is 0 Å². The van der Waals surface area contributed by atoms with Crippen LogP contribution >= 0.6 is 23.4 Å². The topological polar surface area (TPSA) is 104 Å². The zero-order valence-corrected chi connectivity index (χ0v) is 18.2. The lowest BCUT2D eigenvalue weighted by atomic mass is 10.0. The Balaban J connectivity index is 1.52. The normalized spacial score (nSPS) is 25.7. The molecule has 1 heterocycles. The molecule has 3 unspecified atom stereocenters. The lowest BCUT2D eigenvalue weighted by Gasteiger charge is -2.17. The second-order valence-electron chi connectivity index (χ2n) is 7.46. The summed E-state index contributed by atoms with van der Waals surface area (Å²) < 4.78 is 28.6. The Labute approximate surface area is 184 Å². The third-order valence-electron chi connectivity index (χ3n) is 5.46. The predicted octanol–water partition coefficient (Wildman–Crippen LogP) is 3.78. The van der Waals surface area contributed by atoms with Gasteiger partial charge in [-0.25, -0.2) is 8.42 Å². The highest BCUT2D eigenvalue weighted by atomic mass is 35.5. The highest BCUT2D eigenvalue weighted by Gasteiger charge is 2.63. The first kappa shape index (κ1) is 21.4. The quantitative estimate of drug-likeness (QED) is 0.575. The Morgan fingerprint density at radius 3 is 2.60 bits per heavy atom. The van der Waals surface area contributed by atoms with E-state index in [2.05, 4.69) is 4.72 Å². The van der Waals surface area contributed by atoms with Crippen LogP contribution < -0.4 is 4.72 Å². The van der Waals surface area contributed by atoms with E-state index in [1.54, 1.807) is 42.5 Å². The fourth-order valence-electron chi connectivity index (χ4n) is 3.75. The molecule has 3 atom stereocenters. The van der Waals surface area contributed by atoms with E-state index in [0.717, 1.165) is 5.56 Å². The molecule has 6 nitrogen and oxygen atoms in total. The van der Waals surface area contributed by atoms with Gasteiger partial charge in [-0.05, 0) is 41.7 Å². The van der Waals surface area contributed by atoms with Gasteiger partial charge in [0.2, 0.25) is 10.0 Å². The number of aliphatic hydroxyl groups is 1. The van der Waals surface area contributed by atoms with Crippen molar-refractivity contribution in [1.82, 2.24) is 4.72 Å². The number of carboxylic acid groups (broad SMARTS) is 1. The predicted molar refractivity (Wildman–Crippen MR) is 117 cm³/mol. The molecule has 2 aromatic carbocycles. The van der Waals surface area contributed by atoms with Gasteiger partial charge in [0.25, 0.3) is 0 Å². The molecule has 3 N–H and O–H groups in total. The smallest absolute Gasteiger partial charge is 0.325 e. The van der Waals surface area contributed by atoms with Crippen LogP contribution in [0.15, 0.2) is 58.8 Å². The molecule has 1 aliphatic heterocycles. The summed E-state index contributed by atoms with van der Waals surface area (Å²) in [6.45, 7) is -0.165. The maximum absolute atomic E-state index is 13.0. The summed E-state index contributed by atoms with van der Waals surface area (Å²) in [7, 11) is -3.99. The molecule has 0 bridgehead atoms. The summed E-state index contributed by atoms with van der Waals surface area (Å²) in [5.74, 6) is -1.70. The molecule has 9 heteroatoms. The number of sulfonamides is 1. The van der Waals surface area contributed by atoms with Gasteiger partial charge in [-0.15, -0.1) is 11.8 Å². The zero-order valence-electron chi connectivity index (χ0n) is 15.8. The number of hydrogen-bond acceptors (Lipinski definition) is 5. The molecule has 1 aliphatic carbocycles. The Morgan fingerprint density at radius 2 is 1.93 bits per heavy atom. The molecule has 0 aromatic heterocycles. The highest BCUT2D eigenvalue weighted by Crippen LogP contribution is 2.54. The van der Waals surface area contributed by atoms with Crippen LogP contribution in [-0.2, 0) is 21.4 Å². The van der Waals surface area contributed by atoms with Crippen molar-refractivity contribution < 1.29 is 23.4 Å². The molecular formula is C21H20ClNO5S2. The van der Waals surface area contributed by atoms with Crippen LogP contribution in [-0.4, -0.2) is 30.1 Å². The third kappa shape index (κ3) is 4.02. The lowest BCUT2D eigenvalue weighted by molar-refractivity contribution is -0.140. The summed E-state index contributed by atoms with van der Waals surface area (Å²) in [4.78, 5) is 12.0. The van der Waals surface area contributed by atoms with Gasteiger partial charge >= 0.3 is 5.97 Å². The van der Waals surface area contributed by atoms with E-state index >= 15 is 0 Å². The largest absolute Gasteiger partial charge is 0.480 e. The average molecular weight is 466 g/mol. The number of carboxylic acids is 1. The number of thioether (sulfide) groups is 1. The minimum Gasteiger partial charge on any atom is -0.480 e. The minimum atomic E-state index is -3.99. The van der Waals surface area contributed by atoms with E-state index in [-0.39, 0.29) is 22.5 Å². The maximum Gasteiger partial charge on any atom is 0.325 e. The number of nitrogens with one attached hydrogen (secondary N) is 1. The fourth-order valence-corrected chi connectivity index (χ4v) is 7.02. The Kier molecular flexibility index (Phi) is 5.71. The standard InChI is InChI=1S/C21H20ClNO5S2/c22-16-6-4-14(5-7-16)18-8-9-19(29-18)30(27,28)23-21(20(25)26)11-17(21)15-3-1-2-13(10-15)12-24/h1-7,9-10,17-18,23-24H,8,11-12H2,(H,25,26). The first-order chi connectivity index (χ1) is 14.2. The van der Waals surface area contributed by atoms with Gasteiger partial charge in [-0.3, -0.25) is 4.79 Å². The first-order valence-electron chi connectivity index (χ1n) is 9.34. The first-order valence-corrected chi connectivity index (χ1v) is 12.1. The number of hydrogen-bond donors (Lipinski definition) is 3. The average Bonchev–Trinajstić information content (AvgIpc) is 3.22. The summed E-state index contributed by atoms with van der Waals surface area (Å²) in [6, 6.07) is 14.2. The summed E-state index contributed by atoms with van der Waals surface area (Å²) >= 11 is 7.12. The van der Waals surface area contributed by atoms with Crippen LogP contribution in [0, 0.1) is 0 Å². The number of carbonyl (C=O) groups is 1. The van der Waals surface area contributed by atoms with E-state index in [1.807, 2.05) is 12.1 Å². The molecule has 4 rings (SSSR count). The summed E-state index contributed by atoms with van der Waals surface area (Å²) in [5.41, 5.74) is 0.733. The van der Waals surface area contributed by atoms with Crippen LogP contribution in [0.4, 0.5) is 0 Å². The van der Waals surface area contributed by atoms with Crippen LogP contribution in [0.3, 0.4) is 0 Å². The van der Waals surface area contributed by atoms with Crippen molar-refractivity contribution in [2.45, 2.75) is 36.2 Å². The molecule has 2 aromatic rings. The molecule has 0 radical (unpaired) electrons. The summed E-state index contributed by atoms with van der Waals surface area (Å²) in [6.07, 6.45) is 2.32. The number of benzene rings is 2. The molecule has 1 saturated carbocycles. The molecule has 0 spiro atoms. The molecule has 30 heavy (non-hydrogen) atoms. The second-order valence-corrected chi connectivity index (χ2v) is 11.0. The molecule has 0 saturated heterocycles. The van der Waals surface area contributed by atoms with E-state index in [9.17, 15) is 23.4 Å². The van der Waals surface area contributed by atoms with Crippen LogP contribution in [0.25, 0.3) is 0 Å². The number of aliphatic hydroxyl groups excluding tert-OH is 1. The van der Waals surface area contributed by atoms with Crippen molar-refractivity contribution in [2.24, 2.45) is 0 Å².